The maximum Gasteiger partial charge on any atom is 0.326 e. The summed E-state index contributed by atoms with van der Waals surface area (Å²) < 4.78 is 0. The number of nitrogens with two attached hydrogens (primary N) is 1. The van der Waals surface area contributed by atoms with Crippen LogP contribution in [0.4, 0.5) is 0 Å². The molecular formula is C14H24N2O3. The summed E-state index contributed by atoms with van der Waals surface area (Å²) in [7, 11) is 0. The number of nitrogens with zero attached hydrogens (tertiary/aromatic N) is 1. The van der Waals surface area contributed by atoms with Gasteiger partial charge in [-0.1, -0.05) is 19.8 Å². The first-order chi connectivity index (χ1) is 9.06. The molecule has 1 saturated carbocycles. The van der Waals surface area contributed by atoms with Crippen molar-refractivity contribution in [2.45, 2.75) is 70.0 Å². The highest BCUT2D eigenvalue weighted by Crippen LogP contribution is 2.38. The molecule has 108 valence electrons. The van der Waals surface area contributed by atoms with Crippen molar-refractivity contribution in [3.05, 3.63) is 0 Å². The molecule has 2 aliphatic rings. The van der Waals surface area contributed by atoms with E-state index in [-0.39, 0.29) is 11.9 Å². The van der Waals surface area contributed by atoms with Crippen LogP contribution >= 0.6 is 0 Å². The van der Waals surface area contributed by atoms with Gasteiger partial charge in [0.15, 0.2) is 0 Å². The van der Waals surface area contributed by atoms with Crippen molar-refractivity contribution in [2.75, 3.05) is 0 Å². The summed E-state index contributed by atoms with van der Waals surface area (Å²) in [5.41, 5.74) is 5.85. The van der Waals surface area contributed by atoms with Crippen LogP contribution in [0.2, 0.25) is 0 Å². The van der Waals surface area contributed by atoms with Crippen molar-refractivity contribution >= 4 is 11.9 Å². The van der Waals surface area contributed by atoms with Crippen molar-refractivity contribution in [1.29, 1.82) is 0 Å². The molecule has 4 atom stereocenters. The van der Waals surface area contributed by atoms with E-state index >= 15 is 0 Å². The Kier molecular flexibility index (Phi) is 4.45. The summed E-state index contributed by atoms with van der Waals surface area (Å²) in [6.07, 6.45) is 6.36. The number of carboxylic acids is 1. The molecule has 0 aromatic rings. The lowest BCUT2D eigenvalue weighted by atomic mass is 9.76. The Morgan fingerprint density at radius 2 is 1.95 bits per heavy atom. The summed E-state index contributed by atoms with van der Waals surface area (Å²) in [4.78, 5) is 25.5. The molecule has 3 N–H and O–H groups in total. The maximum absolute atomic E-state index is 12.4. The second kappa shape index (κ2) is 5.90. The average Bonchev–Trinajstić information content (AvgIpc) is 2.44. The number of carbonyl (C=O) groups is 2. The third-order valence-electron chi connectivity index (χ3n) is 4.67. The van der Waals surface area contributed by atoms with Gasteiger partial charge in [-0.2, -0.15) is 0 Å². The number of piperidine rings is 1. The molecule has 0 spiro atoms. The van der Waals surface area contributed by atoms with Crippen LogP contribution in [0.1, 0.15) is 51.9 Å². The fraction of sp³-hybridized carbons (Fsp3) is 0.857. The van der Waals surface area contributed by atoms with E-state index in [9.17, 15) is 14.7 Å². The molecule has 2 rings (SSSR count). The molecule has 1 heterocycles. The lowest BCUT2D eigenvalue weighted by Crippen LogP contribution is -2.60. The number of rotatable bonds is 3. The molecule has 1 amide bonds. The van der Waals surface area contributed by atoms with Gasteiger partial charge < -0.3 is 15.7 Å². The summed E-state index contributed by atoms with van der Waals surface area (Å²) in [5.74, 6) is -0.593. The maximum atomic E-state index is 12.4. The predicted molar refractivity (Wildman–Crippen MR) is 71.5 cm³/mol. The smallest absolute Gasteiger partial charge is 0.326 e. The normalized spacial score (nSPS) is 32.5. The number of amides is 1. The second-order valence-corrected chi connectivity index (χ2v) is 5.80. The largest absolute Gasteiger partial charge is 0.480 e. The van der Waals surface area contributed by atoms with E-state index in [2.05, 4.69) is 0 Å². The lowest BCUT2D eigenvalue weighted by Gasteiger charge is -2.47. The molecular weight excluding hydrogens is 244 g/mol. The summed E-state index contributed by atoms with van der Waals surface area (Å²) in [5, 5.41) is 9.37. The summed E-state index contributed by atoms with van der Waals surface area (Å²) in [6.45, 7) is 1.86. The van der Waals surface area contributed by atoms with E-state index in [0.717, 1.165) is 25.7 Å². The quantitative estimate of drug-likeness (QED) is 0.809. The highest BCUT2D eigenvalue weighted by Gasteiger charge is 2.44. The molecule has 0 bridgehead atoms. The number of likely N-dealkylation sites (tertiary alicyclic amines) is 1. The first-order valence-electron chi connectivity index (χ1n) is 7.36. The van der Waals surface area contributed by atoms with Crippen LogP contribution in [0.5, 0.6) is 0 Å². The first kappa shape index (κ1) is 14.3. The van der Waals surface area contributed by atoms with Gasteiger partial charge in [-0.3, -0.25) is 4.79 Å². The van der Waals surface area contributed by atoms with Crippen LogP contribution in [0.3, 0.4) is 0 Å². The van der Waals surface area contributed by atoms with E-state index < -0.39 is 18.1 Å². The van der Waals surface area contributed by atoms with Crippen molar-refractivity contribution in [3.8, 4) is 0 Å². The van der Waals surface area contributed by atoms with E-state index in [1.165, 1.54) is 6.42 Å². The average molecular weight is 268 g/mol. The summed E-state index contributed by atoms with van der Waals surface area (Å²) >= 11 is 0. The minimum absolute atomic E-state index is 0.0914. The number of fused-ring (bicyclic) bond motifs is 1. The van der Waals surface area contributed by atoms with E-state index in [0.29, 0.717) is 18.8 Å². The monoisotopic (exact) mass is 268 g/mol. The van der Waals surface area contributed by atoms with Crippen molar-refractivity contribution in [1.82, 2.24) is 4.90 Å². The van der Waals surface area contributed by atoms with Crippen LogP contribution in [-0.2, 0) is 9.59 Å². The number of aliphatic carboxylic acids is 1. The zero-order valence-corrected chi connectivity index (χ0v) is 11.5. The number of carboxylic acid groups (broad SMARTS) is 1. The molecule has 0 radical (unpaired) electrons. The molecule has 4 unspecified atom stereocenters. The standard InChI is InChI=1S/C14H24N2O3/c1-2-10(15)13(17)16-11-6-4-3-5-9(11)7-8-12(16)14(18)19/h9-12H,2-8,15H2,1H3,(H,18,19). The highest BCUT2D eigenvalue weighted by molar-refractivity contribution is 5.87. The fourth-order valence-corrected chi connectivity index (χ4v) is 3.56. The molecule has 0 aromatic heterocycles. The molecule has 2 fully saturated rings. The lowest BCUT2D eigenvalue weighted by molar-refractivity contribution is -0.159. The SMILES string of the molecule is CCC(N)C(=O)N1C(C(=O)O)CCC2CCCCC21. The Morgan fingerprint density at radius 1 is 1.26 bits per heavy atom. The van der Waals surface area contributed by atoms with Crippen LogP contribution in [0.15, 0.2) is 0 Å². The van der Waals surface area contributed by atoms with Gasteiger partial charge >= 0.3 is 5.97 Å². The van der Waals surface area contributed by atoms with Gasteiger partial charge in [-0.05, 0) is 38.0 Å². The predicted octanol–water partition coefficient (Wildman–Crippen LogP) is 1.36. The minimum Gasteiger partial charge on any atom is -0.480 e. The van der Waals surface area contributed by atoms with Crippen molar-refractivity contribution in [2.24, 2.45) is 11.7 Å². The zero-order chi connectivity index (χ0) is 14.0. The van der Waals surface area contributed by atoms with Gasteiger partial charge in [-0.15, -0.1) is 0 Å². The Hall–Kier alpha value is -1.10. The van der Waals surface area contributed by atoms with Crippen LogP contribution in [-0.4, -0.2) is 40.0 Å². The number of hydrogen-bond donors (Lipinski definition) is 2. The third kappa shape index (κ3) is 2.76. The van der Waals surface area contributed by atoms with E-state index in [1.807, 2.05) is 6.92 Å². The van der Waals surface area contributed by atoms with Gasteiger partial charge in [0.25, 0.3) is 0 Å². The van der Waals surface area contributed by atoms with E-state index in [4.69, 9.17) is 5.73 Å². The molecule has 5 nitrogen and oxygen atoms in total. The topological polar surface area (TPSA) is 83.6 Å². The van der Waals surface area contributed by atoms with Crippen LogP contribution in [0, 0.1) is 5.92 Å². The number of carbonyl (C=O) groups excluding carboxylic acids is 1. The molecule has 1 saturated heterocycles. The van der Waals surface area contributed by atoms with Gasteiger partial charge in [0.2, 0.25) is 5.91 Å². The first-order valence-corrected chi connectivity index (χ1v) is 7.36. The third-order valence-corrected chi connectivity index (χ3v) is 4.67. The fourth-order valence-electron chi connectivity index (χ4n) is 3.56. The van der Waals surface area contributed by atoms with Crippen LogP contribution in [0.25, 0.3) is 0 Å². The van der Waals surface area contributed by atoms with Crippen molar-refractivity contribution in [3.63, 3.8) is 0 Å². The highest BCUT2D eigenvalue weighted by atomic mass is 16.4. The molecule has 1 aliphatic heterocycles. The van der Waals surface area contributed by atoms with Crippen LogP contribution < -0.4 is 5.73 Å². The van der Waals surface area contributed by atoms with Gasteiger partial charge in [0, 0.05) is 6.04 Å². The zero-order valence-electron chi connectivity index (χ0n) is 11.5. The molecule has 5 heteroatoms. The molecule has 0 aromatic carbocycles. The molecule has 19 heavy (non-hydrogen) atoms. The van der Waals surface area contributed by atoms with Gasteiger partial charge in [0.05, 0.1) is 6.04 Å². The Labute approximate surface area is 114 Å². The minimum atomic E-state index is -0.888. The van der Waals surface area contributed by atoms with Crippen molar-refractivity contribution < 1.29 is 14.7 Å². The van der Waals surface area contributed by atoms with E-state index in [1.54, 1.807) is 4.90 Å². The van der Waals surface area contributed by atoms with Gasteiger partial charge in [-0.25, -0.2) is 4.79 Å². The molecule has 1 aliphatic carbocycles. The Morgan fingerprint density at radius 3 is 2.58 bits per heavy atom. The Balaban J connectivity index is 2.23. The second-order valence-electron chi connectivity index (χ2n) is 5.80. The Bertz CT molecular complexity index is 359. The summed E-state index contributed by atoms with van der Waals surface area (Å²) in [6, 6.07) is -1.15. The van der Waals surface area contributed by atoms with Gasteiger partial charge in [0.1, 0.15) is 6.04 Å². The number of hydrogen-bond acceptors (Lipinski definition) is 3.